The van der Waals surface area contributed by atoms with Crippen molar-refractivity contribution in [3.63, 3.8) is 0 Å². The molecule has 1 N–H and O–H groups in total. The number of pyridine rings is 1. The van der Waals surface area contributed by atoms with Gasteiger partial charge in [0.25, 0.3) is 0 Å². The zero-order valence-electron chi connectivity index (χ0n) is 9.66. The molecule has 0 aliphatic carbocycles. The monoisotopic (exact) mass is 232 g/mol. The molecule has 0 aliphatic rings. The van der Waals surface area contributed by atoms with Crippen LogP contribution < -0.4 is 0 Å². The first-order valence-electron chi connectivity index (χ1n) is 5.77. The van der Waals surface area contributed by atoms with Gasteiger partial charge in [0.15, 0.2) is 0 Å². The molecule has 0 bridgehead atoms. The normalized spacial score (nSPS) is 10.6. The van der Waals surface area contributed by atoms with Gasteiger partial charge in [-0.1, -0.05) is 5.21 Å². The van der Waals surface area contributed by atoms with Gasteiger partial charge in [0.2, 0.25) is 0 Å². The topological polar surface area (TPSA) is 63.8 Å². The molecular formula is C12H16N4O. The number of hydrogen-bond acceptors (Lipinski definition) is 4. The van der Waals surface area contributed by atoms with E-state index in [-0.39, 0.29) is 6.61 Å². The number of aliphatic hydroxyl groups excluding tert-OH is 1. The molecule has 0 saturated heterocycles. The predicted molar refractivity (Wildman–Crippen MR) is 63.4 cm³/mol. The lowest BCUT2D eigenvalue weighted by atomic mass is 10.2. The summed E-state index contributed by atoms with van der Waals surface area (Å²) in [6.07, 6.45) is 7.98. The van der Waals surface area contributed by atoms with E-state index in [0.29, 0.717) is 0 Å². The fourth-order valence-corrected chi connectivity index (χ4v) is 1.62. The Morgan fingerprint density at radius 1 is 1.18 bits per heavy atom. The van der Waals surface area contributed by atoms with Crippen LogP contribution >= 0.6 is 0 Å². The van der Waals surface area contributed by atoms with Crippen LogP contribution in [0.2, 0.25) is 0 Å². The largest absolute Gasteiger partial charge is 0.396 e. The van der Waals surface area contributed by atoms with Crippen LogP contribution in [0.4, 0.5) is 0 Å². The number of aliphatic hydroxyl groups is 1. The minimum atomic E-state index is 0.198. The van der Waals surface area contributed by atoms with E-state index in [0.717, 1.165) is 31.5 Å². The summed E-state index contributed by atoms with van der Waals surface area (Å²) in [4.78, 5) is 3.98. The maximum Gasteiger partial charge on any atom is 0.0828 e. The molecule has 90 valence electrons. The average molecular weight is 232 g/mol. The number of aromatic nitrogens is 4. The number of nitrogens with zero attached hydrogens (tertiary/aromatic N) is 4. The summed E-state index contributed by atoms with van der Waals surface area (Å²) in [7, 11) is 0. The van der Waals surface area contributed by atoms with E-state index in [1.54, 1.807) is 12.4 Å². The zero-order chi connectivity index (χ0) is 11.9. The third-order valence-corrected chi connectivity index (χ3v) is 2.56. The van der Waals surface area contributed by atoms with Crippen molar-refractivity contribution in [1.29, 1.82) is 0 Å². The Balaban J connectivity index is 1.85. The molecule has 0 aromatic carbocycles. The fourth-order valence-electron chi connectivity index (χ4n) is 1.62. The van der Waals surface area contributed by atoms with Crippen LogP contribution in [-0.4, -0.2) is 31.7 Å². The first-order chi connectivity index (χ1) is 8.38. The predicted octanol–water partition coefficient (Wildman–Crippen LogP) is 0.841. The van der Waals surface area contributed by atoms with E-state index in [1.807, 2.05) is 23.0 Å². The van der Waals surface area contributed by atoms with Crippen molar-refractivity contribution >= 4 is 0 Å². The highest BCUT2D eigenvalue weighted by Gasteiger charge is 2.00. The van der Waals surface area contributed by atoms with Crippen molar-refractivity contribution in [2.24, 2.45) is 0 Å². The highest BCUT2D eigenvalue weighted by Crippen LogP contribution is 2.01. The van der Waals surface area contributed by atoms with Crippen molar-refractivity contribution < 1.29 is 5.11 Å². The molecular weight excluding hydrogens is 216 g/mol. The highest BCUT2D eigenvalue weighted by molar-refractivity contribution is 5.09. The first kappa shape index (κ1) is 11.7. The second-order valence-corrected chi connectivity index (χ2v) is 3.91. The summed E-state index contributed by atoms with van der Waals surface area (Å²) in [5, 5.41) is 16.8. The van der Waals surface area contributed by atoms with E-state index >= 15 is 0 Å². The van der Waals surface area contributed by atoms with Gasteiger partial charge in [0.05, 0.1) is 5.69 Å². The number of hydrogen-bond donors (Lipinski definition) is 1. The van der Waals surface area contributed by atoms with Crippen LogP contribution in [0, 0.1) is 0 Å². The highest BCUT2D eigenvalue weighted by atomic mass is 16.2. The molecule has 5 nitrogen and oxygen atoms in total. The quantitative estimate of drug-likeness (QED) is 0.801. The average Bonchev–Trinajstić information content (AvgIpc) is 2.83. The molecule has 0 saturated carbocycles. The van der Waals surface area contributed by atoms with E-state index in [1.165, 1.54) is 5.56 Å². The third-order valence-electron chi connectivity index (χ3n) is 2.56. The van der Waals surface area contributed by atoms with Crippen LogP contribution in [0.25, 0.3) is 0 Å². The van der Waals surface area contributed by atoms with Crippen LogP contribution in [0.5, 0.6) is 0 Å². The van der Waals surface area contributed by atoms with E-state index < -0.39 is 0 Å². The van der Waals surface area contributed by atoms with Crippen molar-refractivity contribution in [3.8, 4) is 0 Å². The second-order valence-electron chi connectivity index (χ2n) is 3.91. The Morgan fingerprint density at radius 3 is 2.76 bits per heavy atom. The van der Waals surface area contributed by atoms with Gasteiger partial charge in [-0.05, 0) is 37.0 Å². The Kier molecular flexibility index (Phi) is 4.21. The summed E-state index contributed by atoms with van der Waals surface area (Å²) in [6.45, 7) is 1.01. The molecule has 0 atom stereocenters. The van der Waals surface area contributed by atoms with E-state index in [2.05, 4.69) is 15.3 Å². The molecule has 2 rings (SSSR count). The van der Waals surface area contributed by atoms with E-state index in [9.17, 15) is 0 Å². The lowest BCUT2D eigenvalue weighted by Crippen LogP contribution is -2.02. The van der Waals surface area contributed by atoms with Gasteiger partial charge >= 0.3 is 0 Å². The van der Waals surface area contributed by atoms with Crippen LogP contribution in [0.15, 0.2) is 30.7 Å². The molecule has 0 aliphatic heterocycles. The number of rotatable bonds is 6. The van der Waals surface area contributed by atoms with Crippen molar-refractivity contribution in [2.75, 3.05) is 6.61 Å². The molecule has 2 heterocycles. The maximum atomic E-state index is 8.73. The first-order valence-corrected chi connectivity index (χ1v) is 5.77. The lowest BCUT2D eigenvalue weighted by molar-refractivity contribution is 0.288. The summed E-state index contributed by atoms with van der Waals surface area (Å²) in [5.41, 5.74) is 2.18. The fraction of sp³-hybridized carbons (Fsp3) is 0.417. The number of aryl methyl sites for hydroxylation is 3. The van der Waals surface area contributed by atoms with E-state index in [4.69, 9.17) is 5.11 Å². The van der Waals surface area contributed by atoms with Gasteiger partial charge in [-0.15, -0.1) is 5.10 Å². The summed E-state index contributed by atoms with van der Waals surface area (Å²) >= 11 is 0. The Labute approximate surface area is 100 Å². The summed E-state index contributed by atoms with van der Waals surface area (Å²) < 4.78 is 1.84. The molecule has 0 unspecified atom stereocenters. The van der Waals surface area contributed by atoms with Crippen LogP contribution in [-0.2, 0) is 19.4 Å². The molecule has 17 heavy (non-hydrogen) atoms. The third kappa shape index (κ3) is 3.64. The maximum absolute atomic E-state index is 8.73. The minimum Gasteiger partial charge on any atom is -0.396 e. The van der Waals surface area contributed by atoms with Gasteiger partial charge in [-0.25, -0.2) is 0 Å². The van der Waals surface area contributed by atoms with Gasteiger partial charge < -0.3 is 5.11 Å². The van der Waals surface area contributed by atoms with Crippen LogP contribution in [0.1, 0.15) is 17.7 Å². The van der Waals surface area contributed by atoms with Crippen molar-refractivity contribution in [2.45, 2.75) is 25.8 Å². The molecule has 2 aromatic rings. The van der Waals surface area contributed by atoms with Crippen molar-refractivity contribution in [3.05, 3.63) is 42.0 Å². The zero-order valence-corrected chi connectivity index (χ0v) is 9.66. The van der Waals surface area contributed by atoms with Crippen molar-refractivity contribution in [1.82, 2.24) is 20.0 Å². The SMILES string of the molecule is OCCCc1cn(CCc2ccncc2)nn1. The lowest BCUT2D eigenvalue weighted by Gasteiger charge is -2.00. The molecule has 0 radical (unpaired) electrons. The van der Waals surface area contributed by atoms with Gasteiger partial charge in [-0.2, -0.15) is 0 Å². The molecule has 2 aromatic heterocycles. The van der Waals surface area contributed by atoms with Gasteiger partial charge in [0, 0.05) is 31.7 Å². The molecule has 0 spiro atoms. The summed E-state index contributed by atoms with van der Waals surface area (Å²) in [6, 6.07) is 4.01. The second kappa shape index (κ2) is 6.10. The molecule has 0 fully saturated rings. The smallest absolute Gasteiger partial charge is 0.0828 e. The Bertz CT molecular complexity index is 441. The minimum absolute atomic E-state index is 0.198. The molecule has 0 amide bonds. The Hall–Kier alpha value is -1.75. The Morgan fingerprint density at radius 2 is 2.00 bits per heavy atom. The summed E-state index contributed by atoms with van der Waals surface area (Å²) in [5.74, 6) is 0. The van der Waals surface area contributed by atoms with Gasteiger partial charge in [0.1, 0.15) is 0 Å². The van der Waals surface area contributed by atoms with Crippen LogP contribution in [0.3, 0.4) is 0 Å². The standard InChI is InChI=1S/C12H16N4O/c17-9-1-2-12-10-16(15-14-12)8-5-11-3-6-13-7-4-11/h3-4,6-7,10,17H,1-2,5,8-9H2. The molecule has 5 heteroatoms. The van der Waals surface area contributed by atoms with Gasteiger partial charge in [-0.3, -0.25) is 9.67 Å².